The van der Waals surface area contributed by atoms with Crippen molar-refractivity contribution in [3.63, 3.8) is 0 Å². The SMILES string of the molecule is O=C(/C=C/c1ccccc1Br)NC1CCN(Cc2ccccc2)CC1. The van der Waals surface area contributed by atoms with Gasteiger partial charge in [0.15, 0.2) is 0 Å². The van der Waals surface area contributed by atoms with Crippen molar-refractivity contribution in [3.8, 4) is 0 Å². The lowest BCUT2D eigenvalue weighted by Gasteiger charge is -2.32. The molecule has 1 heterocycles. The molecule has 1 fully saturated rings. The summed E-state index contributed by atoms with van der Waals surface area (Å²) in [6.07, 6.45) is 5.48. The Morgan fingerprint density at radius 1 is 1.08 bits per heavy atom. The summed E-state index contributed by atoms with van der Waals surface area (Å²) in [5.74, 6) is -0.0164. The monoisotopic (exact) mass is 398 g/mol. The van der Waals surface area contributed by atoms with Crippen LogP contribution in [0.2, 0.25) is 0 Å². The molecule has 0 spiro atoms. The highest BCUT2D eigenvalue weighted by atomic mass is 79.9. The Morgan fingerprint density at radius 3 is 2.48 bits per heavy atom. The average molecular weight is 399 g/mol. The number of nitrogens with zero attached hydrogens (tertiary/aromatic N) is 1. The molecular weight excluding hydrogens is 376 g/mol. The van der Waals surface area contributed by atoms with E-state index in [-0.39, 0.29) is 11.9 Å². The second-order valence-electron chi connectivity index (χ2n) is 6.40. The summed E-state index contributed by atoms with van der Waals surface area (Å²) in [5, 5.41) is 3.13. The third-order valence-electron chi connectivity index (χ3n) is 4.50. The molecule has 1 amide bonds. The van der Waals surface area contributed by atoms with Crippen molar-refractivity contribution in [1.29, 1.82) is 0 Å². The number of hydrogen-bond acceptors (Lipinski definition) is 2. The fourth-order valence-corrected chi connectivity index (χ4v) is 3.52. The number of nitrogens with one attached hydrogen (secondary N) is 1. The Balaban J connectivity index is 1.44. The van der Waals surface area contributed by atoms with E-state index in [1.54, 1.807) is 6.08 Å². The normalized spacial score (nSPS) is 16.2. The van der Waals surface area contributed by atoms with Crippen molar-refractivity contribution in [2.75, 3.05) is 13.1 Å². The quantitative estimate of drug-likeness (QED) is 0.763. The molecule has 0 unspecified atom stereocenters. The molecule has 4 heteroatoms. The first-order chi connectivity index (χ1) is 12.2. The van der Waals surface area contributed by atoms with E-state index >= 15 is 0 Å². The van der Waals surface area contributed by atoms with Gasteiger partial charge in [0.2, 0.25) is 5.91 Å². The zero-order valence-electron chi connectivity index (χ0n) is 14.2. The summed E-state index contributed by atoms with van der Waals surface area (Å²) in [6.45, 7) is 3.03. The van der Waals surface area contributed by atoms with Gasteiger partial charge in [-0.3, -0.25) is 9.69 Å². The standard InChI is InChI=1S/C21H23BrN2O/c22-20-9-5-4-8-18(20)10-11-21(25)23-19-12-14-24(15-13-19)16-17-6-2-1-3-7-17/h1-11,19H,12-16H2,(H,23,25)/b11-10+. The van der Waals surface area contributed by atoms with E-state index in [9.17, 15) is 4.79 Å². The molecule has 0 radical (unpaired) electrons. The Kier molecular flexibility index (Phi) is 6.42. The number of likely N-dealkylation sites (tertiary alicyclic amines) is 1. The van der Waals surface area contributed by atoms with Gasteiger partial charge in [0.25, 0.3) is 0 Å². The highest BCUT2D eigenvalue weighted by molar-refractivity contribution is 9.10. The lowest BCUT2D eigenvalue weighted by atomic mass is 10.0. The summed E-state index contributed by atoms with van der Waals surface area (Å²) in [7, 11) is 0. The Labute approximate surface area is 157 Å². The van der Waals surface area contributed by atoms with Crippen LogP contribution >= 0.6 is 15.9 Å². The van der Waals surface area contributed by atoms with Crippen molar-refractivity contribution < 1.29 is 4.79 Å². The summed E-state index contributed by atoms with van der Waals surface area (Å²) >= 11 is 3.49. The Bertz CT molecular complexity index is 722. The van der Waals surface area contributed by atoms with Gasteiger partial charge in [0.1, 0.15) is 0 Å². The zero-order valence-corrected chi connectivity index (χ0v) is 15.8. The van der Waals surface area contributed by atoms with E-state index in [0.717, 1.165) is 42.5 Å². The van der Waals surface area contributed by atoms with Gasteiger partial charge in [-0.1, -0.05) is 64.5 Å². The molecule has 25 heavy (non-hydrogen) atoms. The van der Waals surface area contributed by atoms with Crippen LogP contribution in [0.3, 0.4) is 0 Å². The zero-order chi connectivity index (χ0) is 17.5. The molecule has 3 nitrogen and oxygen atoms in total. The Hall–Kier alpha value is -1.91. The van der Waals surface area contributed by atoms with Crippen LogP contribution < -0.4 is 5.32 Å². The number of rotatable bonds is 5. The van der Waals surface area contributed by atoms with Crippen molar-refractivity contribution in [1.82, 2.24) is 10.2 Å². The van der Waals surface area contributed by atoms with Gasteiger partial charge in [-0.15, -0.1) is 0 Å². The molecule has 130 valence electrons. The van der Waals surface area contributed by atoms with E-state index in [1.165, 1.54) is 5.56 Å². The van der Waals surface area contributed by atoms with E-state index < -0.39 is 0 Å². The molecule has 0 saturated carbocycles. The highest BCUT2D eigenvalue weighted by Gasteiger charge is 2.19. The number of carbonyl (C=O) groups excluding carboxylic acids is 1. The minimum Gasteiger partial charge on any atom is -0.350 e. The molecule has 0 aliphatic carbocycles. The molecule has 1 N–H and O–H groups in total. The van der Waals surface area contributed by atoms with Crippen molar-refractivity contribution >= 4 is 27.9 Å². The van der Waals surface area contributed by atoms with Gasteiger partial charge < -0.3 is 5.32 Å². The van der Waals surface area contributed by atoms with Gasteiger partial charge in [-0.25, -0.2) is 0 Å². The third-order valence-corrected chi connectivity index (χ3v) is 5.22. The number of benzene rings is 2. The fraction of sp³-hybridized carbons (Fsp3) is 0.286. The van der Waals surface area contributed by atoms with E-state index in [1.807, 2.05) is 36.4 Å². The van der Waals surface area contributed by atoms with Gasteiger partial charge in [0, 0.05) is 36.2 Å². The van der Waals surface area contributed by atoms with E-state index in [0.29, 0.717) is 0 Å². The molecule has 2 aromatic carbocycles. The Morgan fingerprint density at radius 2 is 1.76 bits per heavy atom. The topological polar surface area (TPSA) is 32.3 Å². The highest BCUT2D eigenvalue weighted by Crippen LogP contribution is 2.17. The van der Waals surface area contributed by atoms with Crippen LogP contribution in [0.4, 0.5) is 0 Å². The number of hydrogen-bond donors (Lipinski definition) is 1. The number of piperidine rings is 1. The first-order valence-electron chi connectivity index (χ1n) is 8.70. The maximum atomic E-state index is 12.1. The van der Waals surface area contributed by atoms with Crippen molar-refractivity contribution in [2.45, 2.75) is 25.4 Å². The van der Waals surface area contributed by atoms with Gasteiger partial charge >= 0.3 is 0 Å². The van der Waals surface area contributed by atoms with Crippen LogP contribution in [0.15, 0.2) is 65.1 Å². The first kappa shape index (κ1) is 17.9. The van der Waals surface area contributed by atoms with Crippen LogP contribution in [-0.4, -0.2) is 29.9 Å². The fourth-order valence-electron chi connectivity index (χ4n) is 3.10. The van der Waals surface area contributed by atoms with Crippen LogP contribution in [-0.2, 0) is 11.3 Å². The molecule has 1 saturated heterocycles. The largest absolute Gasteiger partial charge is 0.350 e. The summed E-state index contributed by atoms with van der Waals surface area (Å²) in [6, 6.07) is 18.7. The van der Waals surface area contributed by atoms with Crippen LogP contribution in [0.5, 0.6) is 0 Å². The van der Waals surface area contributed by atoms with E-state index in [2.05, 4.69) is 50.4 Å². The van der Waals surface area contributed by atoms with Crippen molar-refractivity contribution in [3.05, 3.63) is 76.3 Å². The molecule has 0 aromatic heterocycles. The predicted molar refractivity (Wildman–Crippen MR) is 106 cm³/mol. The predicted octanol–water partition coefficient (Wildman–Crippen LogP) is 4.24. The molecule has 3 rings (SSSR count). The van der Waals surface area contributed by atoms with Crippen molar-refractivity contribution in [2.24, 2.45) is 0 Å². The molecule has 0 bridgehead atoms. The summed E-state index contributed by atoms with van der Waals surface area (Å²) in [4.78, 5) is 14.6. The van der Waals surface area contributed by atoms with Crippen LogP contribution in [0.25, 0.3) is 6.08 Å². The maximum Gasteiger partial charge on any atom is 0.244 e. The summed E-state index contributed by atoms with van der Waals surface area (Å²) in [5.41, 5.74) is 2.36. The lowest BCUT2D eigenvalue weighted by molar-refractivity contribution is -0.117. The molecule has 2 aromatic rings. The molecule has 1 aliphatic rings. The smallest absolute Gasteiger partial charge is 0.244 e. The average Bonchev–Trinajstić information content (AvgIpc) is 2.64. The van der Waals surface area contributed by atoms with Gasteiger partial charge in [0.05, 0.1) is 0 Å². The minimum absolute atomic E-state index is 0.0164. The maximum absolute atomic E-state index is 12.1. The van der Waals surface area contributed by atoms with Gasteiger partial charge in [-0.2, -0.15) is 0 Å². The number of amides is 1. The van der Waals surface area contributed by atoms with Crippen LogP contribution in [0.1, 0.15) is 24.0 Å². The summed E-state index contributed by atoms with van der Waals surface area (Å²) < 4.78 is 0.994. The molecular formula is C21H23BrN2O. The third kappa shape index (κ3) is 5.55. The minimum atomic E-state index is -0.0164. The van der Waals surface area contributed by atoms with Gasteiger partial charge in [-0.05, 0) is 36.1 Å². The number of carbonyl (C=O) groups is 1. The number of halogens is 1. The second kappa shape index (κ2) is 8.97. The first-order valence-corrected chi connectivity index (χ1v) is 9.49. The second-order valence-corrected chi connectivity index (χ2v) is 7.25. The lowest BCUT2D eigenvalue weighted by Crippen LogP contribution is -2.43. The molecule has 1 aliphatic heterocycles. The van der Waals surface area contributed by atoms with E-state index in [4.69, 9.17) is 0 Å². The molecule has 0 atom stereocenters. The van der Waals surface area contributed by atoms with Crippen LogP contribution in [0, 0.1) is 0 Å².